The van der Waals surface area contributed by atoms with Crippen molar-refractivity contribution in [1.29, 1.82) is 0 Å². The van der Waals surface area contributed by atoms with Crippen LogP contribution in [0.5, 0.6) is 0 Å². The second-order valence-corrected chi connectivity index (χ2v) is 6.18. The molecule has 0 saturated carbocycles. The van der Waals surface area contributed by atoms with Gasteiger partial charge in [0.1, 0.15) is 6.04 Å². The van der Waals surface area contributed by atoms with Gasteiger partial charge >= 0.3 is 5.97 Å². The topological polar surface area (TPSA) is 77.4 Å². The van der Waals surface area contributed by atoms with E-state index in [1.54, 1.807) is 30.5 Å². The fraction of sp³-hybridized carbons (Fsp3) is 0.190. The zero-order chi connectivity index (χ0) is 19.4. The Morgan fingerprint density at radius 3 is 2.37 bits per heavy atom. The number of para-hydroxylation sites is 1. The van der Waals surface area contributed by atoms with Crippen molar-refractivity contribution < 1.29 is 19.1 Å². The van der Waals surface area contributed by atoms with Crippen LogP contribution in [0, 0.1) is 0 Å². The van der Waals surface area contributed by atoms with E-state index in [1.807, 2.05) is 30.3 Å². The fourth-order valence-electron chi connectivity index (χ4n) is 3.06. The summed E-state index contributed by atoms with van der Waals surface area (Å²) in [6, 6.07) is 15.2. The Hall–Kier alpha value is -3.41. The van der Waals surface area contributed by atoms with Crippen molar-refractivity contribution >= 4 is 28.7 Å². The van der Waals surface area contributed by atoms with Gasteiger partial charge in [-0.2, -0.15) is 0 Å². The van der Waals surface area contributed by atoms with Crippen LogP contribution in [0.4, 0.5) is 0 Å². The molecule has 1 amide bonds. The van der Waals surface area contributed by atoms with Crippen LogP contribution in [0.2, 0.25) is 0 Å². The number of nitrogens with zero attached hydrogens (tertiary/aromatic N) is 1. The first-order valence-electron chi connectivity index (χ1n) is 8.55. The number of carbonyl (C=O) groups excluding carboxylic acids is 3. The molecule has 27 heavy (non-hydrogen) atoms. The van der Waals surface area contributed by atoms with Gasteiger partial charge in [-0.25, -0.2) is 4.79 Å². The number of aromatic nitrogens is 1. The Kier molecular flexibility index (Phi) is 5.35. The molecular weight excluding hydrogens is 344 g/mol. The monoisotopic (exact) mass is 364 g/mol. The lowest BCUT2D eigenvalue weighted by Gasteiger charge is -2.16. The van der Waals surface area contributed by atoms with E-state index in [9.17, 15) is 14.4 Å². The van der Waals surface area contributed by atoms with Gasteiger partial charge in [0.25, 0.3) is 5.91 Å². The zero-order valence-corrected chi connectivity index (χ0v) is 15.1. The molecule has 2 aromatic carbocycles. The Morgan fingerprint density at radius 2 is 1.70 bits per heavy atom. The predicted octanol–water partition coefficient (Wildman–Crippen LogP) is 2.82. The first-order chi connectivity index (χ1) is 13.0. The number of ether oxygens (including phenoxy) is 1. The molecule has 3 rings (SSSR count). The van der Waals surface area contributed by atoms with Crippen molar-refractivity contribution in [2.45, 2.75) is 19.4 Å². The minimum Gasteiger partial charge on any atom is -0.467 e. The third-order valence-electron chi connectivity index (χ3n) is 4.38. The maximum absolute atomic E-state index is 12.5. The Morgan fingerprint density at radius 1 is 1.04 bits per heavy atom. The Labute approximate surface area is 156 Å². The summed E-state index contributed by atoms with van der Waals surface area (Å²) in [5.41, 5.74) is 2.00. The van der Waals surface area contributed by atoms with Gasteiger partial charge in [0.15, 0.2) is 0 Å². The van der Waals surface area contributed by atoms with Crippen molar-refractivity contribution in [2.75, 3.05) is 7.11 Å². The van der Waals surface area contributed by atoms with E-state index in [0.717, 1.165) is 16.5 Å². The summed E-state index contributed by atoms with van der Waals surface area (Å²) in [7, 11) is 1.28. The number of amides is 1. The smallest absolute Gasteiger partial charge is 0.328 e. The molecule has 6 nitrogen and oxygen atoms in total. The lowest BCUT2D eigenvalue weighted by atomic mass is 10.0. The standard InChI is InChI=1S/C21H20N2O4/c1-14(24)23-13-16(17-10-6-7-11-19(17)23)12-18(21(26)27-2)22-20(25)15-8-4-3-5-9-15/h3-11,13,18H,12H2,1-2H3,(H,22,25)/t18-/m1/s1. The van der Waals surface area contributed by atoms with Crippen molar-refractivity contribution in [3.8, 4) is 0 Å². The van der Waals surface area contributed by atoms with Gasteiger partial charge in [-0.05, 0) is 23.8 Å². The Bertz CT molecular complexity index is 992. The summed E-state index contributed by atoms with van der Waals surface area (Å²) in [5, 5.41) is 3.59. The summed E-state index contributed by atoms with van der Waals surface area (Å²) in [4.78, 5) is 36.6. The van der Waals surface area contributed by atoms with Gasteiger partial charge in [0.2, 0.25) is 5.91 Å². The van der Waals surface area contributed by atoms with Gasteiger partial charge < -0.3 is 10.1 Å². The number of methoxy groups -OCH3 is 1. The molecule has 6 heteroatoms. The molecule has 138 valence electrons. The average molecular weight is 364 g/mol. The van der Waals surface area contributed by atoms with Crippen LogP contribution in [0.1, 0.15) is 27.6 Å². The summed E-state index contributed by atoms with van der Waals surface area (Å²) in [6.07, 6.45) is 1.92. The summed E-state index contributed by atoms with van der Waals surface area (Å²) < 4.78 is 6.40. The van der Waals surface area contributed by atoms with Crippen molar-refractivity contribution in [3.63, 3.8) is 0 Å². The van der Waals surface area contributed by atoms with Crippen LogP contribution in [-0.2, 0) is 16.0 Å². The lowest BCUT2D eigenvalue weighted by molar-refractivity contribution is -0.142. The normalized spacial score (nSPS) is 11.8. The highest BCUT2D eigenvalue weighted by Crippen LogP contribution is 2.23. The molecule has 3 aromatic rings. The van der Waals surface area contributed by atoms with Gasteiger partial charge in [0.05, 0.1) is 12.6 Å². The van der Waals surface area contributed by atoms with E-state index in [2.05, 4.69) is 5.32 Å². The molecule has 0 aliphatic heterocycles. The largest absolute Gasteiger partial charge is 0.467 e. The second kappa shape index (κ2) is 7.86. The van der Waals surface area contributed by atoms with Crippen molar-refractivity contribution in [3.05, 3.63) is 71.9 Å². The zero-order valence-electron chi connectivity index (χ0n) is 15.1. The number of esters is 1. The van der Waals surface area contributed by atoms with E-state index >= 15 is 0 Å². The van der Waals surface area contributed by atoms with E-state index in [4.69, 9.17) is 4.74 Å². The SMILES string of the molecule is COC(=O)[C@@H](Cc1cn(C(C)=O)c2ccccc12)NC(=O)c1ccccc1. The molecule has 0 radical (unpaired) electrons. The van der Waals surface area contributed by atoms with Crippen LogP contribution < -0.4 is 5.32 Å². The molecular formula is C21H20N2O4. The van der Waals surface area contributed by atoms with Gasteiger partial charge in [-0.15, -0.1) is 0 Å². The third kappa shape index (κ3) is 3.89. The maximum atomic E-state index is 12.5. The number of benzene rings is 2. The highest BCUT2D eigenvalue weighted by Gasteiger charge is 2.24. The summed E-state index contributed by atoms with van der Waals surface area (Å²) in [6.45, 7) is 1.48. The number of carbonyl (C=O) groups is 3. The molecule has 1 aromatic heterocycles. The van der Waals surface area contributed by atoms with Crippen LogP contribution in [0.15, 0.2) is 60.8 Å². The first-order valence-corrected chi connectivity index (χ1v) is 8.55. The van der Waals surface area contributed by atoms with Crippen LogP contribution in [-0.4, -0.2) is 35.5 Å². The molecule has 1 heterocycles. The molecule has 0 aliphatic carbocycles. The van der Waals surface area contributed by atoms with E-state index in [-0.39, 0.29) is 18.2 Å². The maximum Gasteiger partial charge on any atom is 0.328 e. The van der Waals surface area contributed by atoms with E-state index in [0.29, 0.717) is 5.56 Å². The molecule has 1 N–H and O–H groups in total. The number of nitrogens with one attached hydrogen (secondary N) is 1. The fourth-order valence-corrected chi connectivity index (χ4v) is 3.06. The van der Waals surface area contributed by atoms with Crippen molar-refractivity contribution in [1.82, 2.24) is 9.88 Å². The number of hydrogen-bond acceptors (Lipinski definition) is 4. The molecule has 0 aliphatic rings. The molecule has 0 unspecified atom stereocenters. The van der Waals surface area contributed by atoms with Gasteiger partial charge in [-0.1, -0.05) is 36.4 Å². The van der Waals surface area contributed by atoms with E-state index in [1.165, 1.54) is 18.6 Å². The molecule has 0 spiro atoms. The van der Waals surface area contributed by atoms with Gasteiger partial charge in [-0.3, -0.25) is 14.2 Å². The Balaban J connectivity index is 1.92. The van der Waals surface area contributed by atoms with Crippen molar-refractivity contribution in [2.24, 2.45) is 0 Å². The number of hydrogen-bond donors (Lipinski definition) is 1. The lowest BCUT2D eigenvalue weighted by Crippen LogP contribution is -2.43. The minimum atomic E-state index is -0.867. The molecule has 0 fully saturated rings. The molecule has 0 saturated heterocycles. The first kappa shape index (κ1) is 18.4. The van der Waals surface area contributed by atoms with Crippen LogP contribution in [0.3, 0.4) is 0 Å². The van der Waals surface area contributed by atoms with Gasteiger partial charge in [0, 0.05) is 30.5 Å². The quantitative estimate of drug-likeness (QED) is 0.706. The number of fused-ring (bicyclic) bond motifs is 1. The number of rotatable bonds is 5. The minimum absolute atomic E-state index is 0.125. The van der Waals surface area contributed by atoms with Crippen LogP contribution in [0.25, 0.3) is 10.9 Å². The highest BCUT2D eigenvalue weighted by molar-refractivity contribution is 5.97. The van der Waals surface area contributed by atoms with E-state index < -0.39 is 12.0 Å². The summed E-state index contributed by atoms with van der Waals surface area (Å²) >= 11 is 0. The van der Waals surface area contributed by atoms with Crippen LogP contribution >= 0.6 is 0 Å². The average Bonchev–Trinajstić information content (AvgIpc) is 3.06. The predicted molar refractivity (Wildman–Crippen MR) is 102 cm³/mol. The molecule has 0 bridgehead atoms. The second-order valence-electron chi connectivity index (χ2n) is 6.18. The summed E-state index contributed by atoms with van der Waals surface area (Å²) in [5.74, 6) is -1.03. The highest BCUT2D eigenvalue weighted by atomic mass is 16.5. The molecule has 1 atom stereocenters. The third-order valence-corrected chi connectivity index (χ3v) is 4.38.